The lowest BCUT2D eigenvalue weighted by Gasteiger charge is -2.44. The SMILES string of the molecule is CC(=O)N[C@@H]1[C@@H](NC(=O)c2ccc(O)cc2)C[C@](OCCCCCC(=O)O)(C(=O)O)O[C@H]1O. The lowest BCUT2D eigenvalue weighted by atomic mass is 9.93. The topological polar surface area (TPSA) is 192 Å². The summed E-state index contributed by atoms with van der Waals surface area (Å²) >= 11 is 0. The van der Waals surface area contributed by atoms with Crippen LogP contribution in [0.1, 0.15) is 49.4 Å². The number of unbranched alkanes of at least 4 members (excludes halogenated alkanes) is 2. The van der Waals surface area contributed by atoms with Crippen LogP contribution in [0.2, 0.25) is 0 Å². The number of nitrogens with one attached hydrogen (secondary N) is 2. The Kier molecular flexibility index (Phi) is 9.14. The Labute approximate surface area is 189 Å². The third kappa shape index (κ3) is 7.41. The van der Waals surface area contributed by atoms with Gasteiger partial charge in [-0.15, -0.1) is 0 Å². The number of carboxylic acid groups (broad SMARTS) is 2. The smallest absolute Gasteiger partial charge is 0.364 e. The van der Waals surface area contributed by atoms with E-state index < -0.39 is 54.3 Å². The maximum Gasteiger partial charge on any atom is 0.364 e. The molecule has 12 heteroatoms. The van der Waals surface area contributed by atoms with Crippen molar-refractivity contribution in [1.29, 1.82) is 0 Å². The molecule has 1 aromatic carbocycles. The highest BCUT2D eigenvalue weighted by atomic mass is 16.8. The molecule has 2 amide bonds. The number of phenols is 1. The van der Waals surface area contributed by atoms with Crippen molar-refractivity contribution < 1.29 is 49.1 Å². The number of benzene rings is 1. The minimum atomic E-state index is -2.30. The monoisotopic (exact) mass is 468 g/mol. The van der Waals surface area contributed by atoms with E-state index in [2.05, 4.69) is 10.6 Å². The summed E-state index contributed by atoms with van der Waals surface area (Å²) in [6.07, 6.45) is -1.05. The van der Waals surface area contributed by atoms with Crippen LogP contribution in [0.25, 0.3) is 0 Å². The number of aliphatic carboxylic acids is 2. The Bertz CT molecular complexity index is 859. The van der Waals surface area contributed by atoms with Gasteiger partial charge in [0.1, 0.15) is 11.8 Å². The fraction of sp³-hybridized carbons (Fsp3) is 0.524. The molecular weight excluding hydrogens is 440 g/mol. The third-order valence-corrected chi connectivity index (χ3v) is 5.05. The van der Waals surface area contributed by atoms with Crippen molar-refractivity contribution in [2.75, 3.05) is 6.61 Å². The average molecular weight is 468 g/mol. The Morgan fingerprint density at radius 3 is 2.33 bits per heavy atom. The summed E-state index contributed by atoms with van der Waals surface area (Å²) in [7, 11) is 0. The zero-order valence-corrected chi connectivity index (χ0v) is 18.0. The highest BCUT2D eigenvalue weighted by Gasteiger charge is 2.53. The molecule has 1 aliphatic rings. The standard InChI is InChI=1S/C21H28N2O10/c1-12(24)22-17-15(23-18(28)13-6-8-14(25)9-7-13)11-21(20(30)31,33-19(17)29)32-10-4-2-3-5-16(26)27/h6-9,15,17,19,25,29H,2-5,10-11H2,1H3,(H,22,24)(H,23,28)(H,26,27)(H,30,31)/t15-,17+,19+,21+/m0/s1. The Hall–Kier alpha value is -3.22. The van der Waals surface area contributed by atoms with E-state index in [4.69, 9.17) is 14.6 Å². The normalized spacial score (nSPS) is 24.6. The van der Waals surface area contributed by atoms with Crippen molar-refractivity contribution in [3.63, 3.8) is 0 Å². The van der Waals surface area contributed by atoms with E-state index in [0.717, 1.165) is 0 Å². The van der Waals surface area contributed by atoms with Crippen LogP contribution in [0, 0.1) is 0 Å². The molecule has 0 unspecified atom stereocenters. The van der Waals surface area contributed by atoms with Gasteiger partial charge < -0.3 is 40.5 Å². The van der Waals surface area contributed by atoms with E-state index in [1.54, 1.807) is 0 Å². The number of phenolic OH excluding ortho intramolecular Hbond substituents is 1. The molecule has 1 aromatic rings. The Balaban J connectivity index is 2.15. The van der Waals surface area contributed by atoms with E-state index in [1.165, 1.54) is 31.2 Å². The quantitative estimate of drug-likeness (QED) is 0.244. The van der Waals surface area contributed by atoms with Crippen LogP contribution in [0.3, 0.4) is 0 Å². The molecule has 1 saturated heterocycles. The van der Waals surface area contributed by atoms with Crippen molar-refractivity contribution in [2.45, 2.75) is 63.2 Å². The first-order valence-electron chi connectivity index (χ1n) is 10.4. The molecule has 1 aliphatic heterocycles. The van der Waals surface area contributed by atoms with E-state index >= 15 is 0 Å². The Morgan fingerprint density at radius 2 is 1.76 bits per heavy atom. The summed E-state index contributed by atoms with van der Waals surface area (Å²) in [5.74, 6) is -5.98. The third-order valence-electron chi connectivity index (χ3n) is 5.05. The average Bonchev–Trinajstić information content (AvgIpc) is 2.73. The van der Waals surface area contributed by atoms with Gasteiger partial charge in [0.15, 0.2) is 6.29 Å². The number of hydrogen-bond donors (Lipinski definition) is 6. The van der Waals surface area contributed by atoms with Crippen LogP contribution >= 0.6 is 0 Å². The molecule has 0 aromatic heterocycles. The number of carbonyl (C=O) groups excluding carboxylic acids is 2. The predicted molar refractivity (Wildman–Crippen MR) is 111 cm³/mol. The number of ether oxygens (including phenoxy) is 2. The largest absolute Gasteiger partial charge is 0.508 e. The number of rotatable bonds is 11. The molecule has 1 heterocycles. The molecule has 6 N–H and O–H groups in total. The lowest BCUT2D eigenvalue weighted by molar-refractivity contribution is -0.322. The van der Waals surface area contributed by atoms with Crippen LogP contribution in [-0.2, 0) is 23.9 Å². The maximum absolute atomic E-state index is 12.7. The number of aliphatic hydroxyl groups is 1. The molecule has 12 nitrogen and oxygen atoms in total. The van der Waals surface area contributed by atoms with Crippen molar-refractivity contribution in [3.8, 4) is 5.75 Å². The Morgan fingerprint density at radius 1 is 1.09 bits per heavy atom. The van der Waals surface area contributed by atoms with Gasteiger partial charge >= 0.3 is 11.9 Å². The van der Waals surface area contributed by atoms with Gasteiger partial charge in [0.2, 0.25) is 5.91 Å². The second kappa shape index (κ2) is 11.6. The molecule has 0 aliphatic carbocycles. The van der Waals surface area contributed by atoms with Crippen LogP contribution in [0.4, 0.5) is 0 Å². The zero-order valence-electron chi connectivity index (χ0n) is 18.0. The fourth-order valence-electron chi connectivity index (χ4n) is 3.43. The number of aliphatic hydroxyl groups excluding tert-OH is 1. The molecule has 4 atom stereocenters. The van der Waals surface area contributed by atoms with E-state index in [0.29, 0.717) is 19.3 Å². The van der Waals surface area contributed by atoms with Crippen molar-refractivity contribution in [1.82, 2.24) is 10.6 Å². The first-order valence-corrected chi connectivity index (χ1v) is 10.4. The van der Waals surface area contributed by atoms with Crippen molar-refractivity contribution in [3.05, 3.63) is 29.8 Å². The van der Waals surface area contributed by atoms with Crippen LogP contribution in [0.15, 0.2) is 24.3 Å². The number of hydrogen-bond acceptors (Lipinski definition) is 8. The van der Waals surface area contributed by atoms with Gasteiger partial charge in [-0.25, -0.2) is 4.79 Å². The van der Waals surface area contributed by atoms with Crippen molar-refractivity contribution in [2.24, 2.45) is 0 Å². The summed E-state index contributed by atoms with van der Waals surface area (Å²) in [4.78, 5) is 46.9. The van der Waals surface area contributed by atoms with Gasteiger partial charge in [0, 0.05) is 25.3 Å². The number of aromatic hydroxyl groups is 1. The molecular formula is C21H28N2O10. The molecule has 0 radical (unpaired) electrons. The minimum Gasteiger partial charge on any atom is -0.508 e. The lowest BCUT2D eigenvalue weighted by Crippen LogP contribution is -2.67. The van der Waals surface area contributed by atoms with Crippen molar-refractivity contribution >= 4 is 23.8 Å². The summed E-state index contributed by atoms with van der Waals surface area (Å²) in [6, 6.07) is 3.07. The van der Waals surface area contributed by atoms with Crippen LogP contribution < -0.4 is 10.6 Å². The van der Waals surface area contributed by atoms with Gasteiger partial charge in [-0.3, -0.25) is 14.4 Å². The van der Waals surface area contributed by atoms with E-state index in [-0.39, 0.29) is 24.3 Å². The molecule has 182 valence electrons. The molecule has 0 bridgehead atoms. The van der Waals surface area contributed by atoms with E-state index in [9.17, 15) is 34.5 Å². The number of carboxylic acids is 2. The van der Waals surface area contributed by atoms with Crippen LogP contribution in [0.5, 0.6) is 5.75 Å². The maximum atomic E-state index is 12.7. The summed E-state index contributed by atoms with van der Waals surface area (Å²) in [5.41, 5.74) is 0.163. The molecule has 0 saturated carbocycles. The highest BCUT2D eigenvalue weighted by Crippen LogP contribution is 2.31. The summed E-state index contributed by atoms with van der Waals surface area (Å²) < 4.78 is 10.7. The second-order valence-electron chi connectivity index (χ2n) is 7.68. The highest BCUT2D eigenvalue weighted by molar-refractivity contribution is 5.94. The molecule has 33 heavy (non-hydrogen) atoms. The van der Waals surface area contributed by atoms with Gasteiger partial charge in [-0.1, -0.05) is 6.42 Å². The predicted octanol–water partition coefficient (Wildman–Crippen LogP) is 0.177. The minimum absolute atomic E-state index is 0.0248. The summed E-state index contributed by atoms with van der Waals surface area (Å²) in [5, 5.41) is 43.3. The second-order valence-corrected chi connectivity index (χ2v) is 7.68. The fourth-order valence-corrected chi connectivity index (χ4v) is 3.43. The van der Waals surface area contributed by atoms with Crippen LogP contribution in [-0.4, -0.2) is 74.9 Å². The zero-order chi connectivity index (χ0) is 24.6. The van der Waals surface area contributed by atoms with Gasteiger partial charge in [-0.2, -0.15) is 0 Å². The van der Waals surface area contributed by atoms with Gasteiger partial charge in [-0.05, 0) is 37.1 Å². The van der Waals surface area contributed by atoms with Gasteiger partial charge in [0.05, 0.1) is 12.6 Å². The van der Waals surface area contributed by atoms with Gasteiger partial charge in [0.25, 0.3) is 11.7 Å². The number of amides is 2. The first kappa shape index (κ1) is 26.0. The number of carbonyl (C=O) groups is 4. The summed E-state index contributed by atoms with van der Waals surface area (Å²) in [6.45, 7) is 1.10. The molecule has 2 rings (SSSR count). The first-order chi connectivity index (χ1) is 15.5. The van der Waals surface area contributed by atoms with E-state index in [1.807, 2.05) is 0 Å². The molecule has 0 spiro atoms. The molecule has 1 fully saturated rings.